The van der Waals surface area contributed by atoms with E-state index in [0.717, 1.165) is 0 Å². The molecule has 0 spiro atoms. The molecule has 168 valence electrons. The lowest BCUT2D eigenvalue weighted by molar-refractivity contribution is 0.0688. The summed E-state index contributed by atoms with van der Waals surface area (Å²) in [5.74, 6) is 0. The van der Waals surface area contributed by atoms with Crippen LogP contribution in [-0.4, -0.2) is 56.1 Å². The molecule has 0 aliphatic carbocycles. The summed E-state index contributed by atoms with van der Waals surface area (Å²) in [6.45, 7) is 22.7. The molecule has 0 bridgehead atoms. The van der Waals surface area contributed by atoms with E-state index in [9.17, 15) is 9.90 Å². The largest absolute Gasteiger partial charge is 0.465 e. The van der Waals surface area contributed by atoms with Gasteiger partial charge in [-0.05, 0) is 36.3 Å². The van der Waals surface area contributed by atoms with Crippen molar-refractivity contribution >= 4 is 22.7 Å². The molecule has 2 N–H and O–H groups in total. The zero-order chi connectivity index (χ0) is 22.7. The van der Waals surface area contributed by atoms with Crippen molar-refractivity contribution in [3.05, 3.63) is 18.7 Å². The third-order valence-electron chi connectivity index (χ3n) is 6.39. The minimum absolute atomic E-state index is 0.00496. The predicted molar refractivity (Wildman–Crippen MR) is 122 cm³/mol. The van der Waals surface area contributed by atoms with E-state index in [4.69, 9.17) is 8.85 Å². The Hall–Kier alpha value is -1.17. The lowest BCUT2D eigenvalue weighted by Gasteiger charge is -2.43. The molecule has 1 rings (SSSR count). The second kappa shape index (κ2) is 9.32. The Morgan fingerprint density at radius 2 is 1.66 bits per heavy atom. The molecule has 1 heterocycles. The molecule has 0 fully saturated rings. The Labute approximate surface area is 178 Å². The number of carboxylic acid groups (broad SMARTS) is 1. The van der Waals surface area contributed by atoms with E-state index in [2.05, 4.69) is 78.0 Å². The van der Waals surface area contributed by atoms with Gasteiger partial charge in [0.05, 0.1) is 25.1 Å². The standard InChI is InChI=1S/C20H41N3O4Si2/c1-19(2,3)28(7,8)26-14-17(27-29(9,10)20(4,5)6)16(22-18(24)25)13-23-12-11-21-15-23/h11-12,15-17,22H,13-14H2,1-10H3,(H,24,25). The van der Waals surface area contributed by atoms with Crippen LogP contribution in [0, 0.1) is 0 Å². The van der Waals surface area contributed by atoms with Crippen molar-refractivity contribution in [2.24, 2.45) is 0 Å². The number of hydrogen-bond acceptors (Lipinski definition) is 4. The van der Waals surface area contributed by atoms with Crippen LogP contribution < -0.4 is 5.32 Å². The molecule has 9 heteroatoms. The molecule has 7 nitrogen and oxygen atoms in total. The molecule has 0 aliphatic rings. The SMILES string of the molecule is CC(C)(C)[Si](C)(C)OCC(O[Si](C)(C)C(C)(C)C)C(Cn1ccnc1)NC(=O)O. The molecule has 1 aromatic heterocycles. The fraction of sp³-hybridized carbons (Fsp3) is 0.800. The third-order valence-corrected chi connectivity index (χ3v) is 15.4. The van der Waals surface area contributed by atoms with Crippen LogP contribution >= 0.6 is 0 Å². The first-order chi connectivity index (χ1) is 13.0. The van der Waals surface area contributed by atoms with Crippen molar-refractivity contribution in [2.45, 2.75) is 96.5 Å². The molecule has 0 radical (unpaired) electrons. The van der Waals surface area contributed by atoms with Crippen LogP contribution in [0.2, 0.25) is 36.3 Å². The first-order valence-electron chi connectivity index (χ1n) is 10.2. The normalized spacial score (nSPS) is 15.8. The summed E-state index contributed by atoms with van der Waals surface area (Å²) in [5, 5.41) is 12.2. The van der Waals surface area contributed by atoms with E-state index in [-0.39, 0.29) is 16.2 Å². The Kier molecular flexibility index (Phi) is 8.31. The minimum atomic E-state index is -2.15. The van der Waals surface area contributed by atoms with Gasteiger partial charge in [0.15, 0.2) is 16.6 Å². The van der Waals surface area contributed by atoms with Gasteiger partial charge in [0, 0.05) is 18.9 Å². The van der Waals surface area contributed by atoms with Gasteiger partial charge in [-0.3, -0.25) is 0 Å². The smallest absolute Gasteiger partial charge is 0.405 e. The summed E-state index contributed by atoms with van der Waals surface area (Å²) < 4.78 is 15.0. The second-order valence-electron chi connectivity index (χ2n) is 10.8. The minimum Gasteiger partial charge on any atom is -0.465 e. The average Bonchev–Trinajstić information content (AvgIpc) is 3.01. The highest BCUT2D eigenvalue weighted by Crippen LogP contribution is 2.39. The quantitative estimate of drug-likeness (QED) is 0.528. The molecule has 1 amide bonds. The average molecular weight is 444 g/mol. The van der Waals surface area contributed by atoms with Gasteiger partial charge in [-0.2, -0.15) is 0 Å². The van der Waals surface area contributed by atoms with Crippen LogP contribution in [0.3, 0.4) is 0 Å². The third kappa shape index (κ3) is 7.54. The molecule has 0 aromatic carbocycles. The van der Waals surface area contributed by atoms with Gasteiger partial charge in [-0.15, -0.1) is 0 Å². The number of carbonyl (C=O) groups is 1. The van der Waals surface area contributed by atoms with Crippen molar-refractivity contribution in [1.29, 1.82) is 0 Å². The maximum atomic E-state index is 11.6. The van der Waals surface area contributed by atoms with E-state index in [0.29, 0.717) is 13.2 Å². The number of nitrogens with one attached hydrogen (secondary N) is 1. The molecule has 0 aliphatic heterocycles. The summed E-state index contributed by atoms with van der Waals surface area (Å²) in [6.07, 6.45) is 3.76. The van der Waals surface area contributed by atoms with E-state index >= 15 is 0 Å². The second-order valence-corrected chi connectivity index (χ2v) is 20.4. The zero-order valence-corrected chi connectivity index (χ0v) is 21.9. The summed E-state index contributed by atoms with van der Waals surface area (Å²) in [6, 6.07) is -0.444. The molecule has 2 atom stereocenters. The molecule has 0 saturated heterocycles. The molecule has 29 heavy (non-hydrogen) atoms. The summed E-state index contributed by atoms with van der Waals surface area (Å²) >= 11 is 0. The van der Waals surface area contributed by atoms with Crippen LogP contribution in [0.5, 0.6) is 0 Å². The van der Waals surface area contributed by atoms with Crippen LogP contribution in [0.4, 0.5) is 4.79 Å². The highest BCUT2D eigenvalue weighted by atomic mass is 28.4. The Bertz CT molecular complexity index is 650. The number of amides is 1. The van der Waals surface area contributed by atoms with Crippen LogP contribution in [-0.2, 0) is 15.4 Å². The molecule has 2 unspecified atom stereocenters. The number of imidazole rings is 1. The van der Waals surface area contributed by atoms with Crippen molar-refractivity contribution in [3.63, 3.8) is 0 Å². The number of hydrogen-bond donors (Lipinski definition) is 2. The Balaban J connectivity index is 3.18. The number of aromatic nitrogens is 2. The first kappa shape index (κ1) is 25.9. The van der Waals surface area contributed by atoms with Gasteiger partial charge in [-0.25, -0.2) is 9.78 Å². The van der Waals surface area contributed by atoms with E-state index < -0.39 is 28.8 Å². The van der Waals surface area contributed by atoms with Gasteiger partial charge in [0.1, 0.15) is 0 Å². The van der Waals surface area contributed by atoms with E-state index in [1.807, 2.05) is 10.8 Å². The summed E-state index contributed by atoms with van der Waals surface area (Å²) in [5.41, 5.74) is 0. The number of rotatable bonds is 9. The fourth-order valence-corrected chi connectivity index (χ4v) is 4.69. The van der Waals surface area contributed by atoms with Gasteiger partial charge >= 0.3 is 6.09 Å². The van der Waals surface area contributed by atoms with Crippen molar-refractivity contribution < 1.29 is 18.8 Å². The monoisotopic (exact) mass is 443 g/mol. The van der Waals surface area contributed by atoms with Gasteiger partial charge in [0.25, 0.3) is 0 Å². The highest BCUT2D eigenvalue weighted by molar-refractivity contribution is 6.74. The maximum Gasteiger partial charge on any atom is 0.405 e. The first-order valence-corrected chi connectivity index (χ1v) is 16.0. The van der Waals surface area contributed by atoms with Gasteiger partial charge in [0.2, 0.25) is 0 Å². The zero-order valence-electron chi connectivity index (χ0n) is 19.9. The van der Waals surface area contributed by atoms with Crippen molar-refractivity contribution in [3.8, 4) is 0 Å². The summed E-state index contributed by atoms with van der Waals surface area (Å²) in [4.78, 5) is 15.6. The van der Waals surface area contributed by atoms with Crippen LogP contribution in [0.25, 0.3) is 0 Å². The number of nitrogens with zero attached hydrogens (tertiary/aromatic N) is 2. The van der Waals surface area contributed by atoms with E-state index in [1.165, 1.54) is 0 Å². The van der Waals surface area contributed by atoms with Crippen LogP contribution in [0.1, 0.15) is 41.5 Å². The lowest BCUT2D eigenvalue weighted by atomic mass is 10.1. The summed E-state index contributed by atoms with van der Waals surface area (Å²) in [7, 11) is -4.16. The Morgan fingerprint density at radius 1 is 1.10 bits per heavy atom. The van der Waals surface area contributed by atoms with E-state index in [1.54, 1.807) is 12.5 Å². The molecular formula is C20H41N3O4Si2. The van der Waals surface area contributed by atoms with Crippen molar-refractivity contribution in [1.82, 2.24) is 14.9 Å². The van der Waals surface area contributed by atoms with Crippen molar-refractivity contribution in [2.75, 3.05) is 6.61 Å². The van der Waals surface area contributed by atoms with Gasteiger partial charge in [-0.1, -0.05) is 41.5 Å². The fourth-order valence-electron chi connectivity index (χ4n) is 2.33. The maximum absolute atomic E-state index is 11.6. The van der Waals surface area contributed by atoms with Gasteiger partial charge < -0.3 is 23.8 Å². The van der Waals surface area contributed by atoms with Crippen LogP contribution in [0.15, 0.2) is 18.7 Å². The molecule has 1 aromatic rings. The molecular weight excluding hydrogens is 402 g/mol. The predicted octanol–water partition coefficient (Wildman–Crippen LogP) is 4.93. The lowest BCUT2D eigenvalue weighted by Crippen LogP contribution is -2.56. The highest BCUT2D eigenvalue weighted by Gasteiger charge is 2.43. The molecule has 0 saturated carbocycles. The topological polar surface area (TPSA) is 85.6 Å². The Morgan fingerprint density at radius 3 is 2.07 bits per heavy atom.